The number of aromatic hydroxyl groups is 1. The highest BCUT2D eigenvalue weighted by atomic mass is 32.1. The second kappa shape index (κ2) is 7.59. The van der Waals surface area contributed by atoms with Crippen molar-refractivity contribution in [2.75, 3.05) is 0 Å². The number of halogens is 2. The largest absolute Gasteiger partial charge is 0.508 e. The van der Waals surface area contributed by atoms with Gasteiger partial charge in [-0.1, -0.05) is 0 Å². The fourth-order valence-corrected chi connectivity index (χ4v) is 4.91. The van der Waals surface area contributed by atoms with E-state index in [2.05, 4.69) is 9.69 Å². The van der Waals surface area contributed by atoms with E-state index in [4.69, 9.17) is 0 Å². The number of benzene rings is 2. The molecule has 1 aliphatic heterocycles. The molecule has 4 rings (SSSR count). The third kappa shape index (κ3) is 3.33. The molecule has 4 atom stereocenters. The summed E-state index contributed by atoms with van der Waals surface area (Å²) >= 11 is 1.18. The van der Waals surface area contributed by atoms with Gasteiger partial charge in [0.1, 0.15) is 17.4 Å². The van der Waals surface area contributed by atoms with Gasteiger partial charge in [0.25, 0.3) is 5.91 Å². The Morgan fingerprint density at radius 2 is 1.67 bits per heavy atom. The van der Waals surface area contributed by atoms with E-state index in [1.807, 2.05) is 32.6 Å². The van der Waals surface area contributed by atoms with Gasteiger partial charge in [-0.25, -0.2) is 8.78 Å². The van der Waals surface area contributed by atoms with E-state index < -0.39 is 17.4 Å². The van der Waals surface area contributed by atoms with Crippen LogP contribution in [0.2, 0.25) is 0 Å². The summed E-state index contributed by atoms with van der Waals surface area (Å²) in [5, 5.41) is 13.6. The van der Waals surface area contributed by atoms with Crippen LogP contribution in [0.4, 0.5) is 8.78 Å². The van der Waals surface area contributed by atoms with Gasteiger partial charge in [0.15, 0.2) is 0 Å². The van der Waals surface area contributed by atoms with E-state index in [9.17, 15) is 18.7 Å². The summed E-state index contributed by atoms with van der Waals surface area (Å²) in [4.78, 5) is 15.5. The van der Waals surface area contributed by atoms with Gasteiger partial charge in [0.05, 0.1) is 15.8 Å². The lowest BCUT2D eigenvalue weighted by Gasteiger charge is -2.47. The number of aromatic nitrogens is 1. The molecule has 30 heavy (non-hydrogen) atoms. The van der Waals surface area contributed by atoms with Crippen molar-refractivity contribution in [2.24, 2.45) is 0 Å². The van der Waals surface area contributed by atoms with Crippen LogP contribution >= 0.6 is 11.5 Å². The minimum atomic E-state index is -0.889. The maximum atomic E-state index is 14.5. The van der Waals surface area contributed by atoms with Crippen LogP contribution in [0.1, 0.15) is 38.1 Å². The fourth-order valence-electron chi connectivity index (χ4n) is 4.18. The van der Waals surface area contributed by atoms with E-state index in [1.165, 1.54) is 17.6 Å². The first-order chi connectivity index (χ1) is 14.2. The number of carbonyl (C=O) groups is 1. The Morgan fingerprint density at radius 3 is 2.27 bits per heavy atom. The Labute approximate surface area is 177 Å². The van der Waals surface area contributed by atoms with Crippen molar-refractivity contribution < 1.29 is 18.7 Å². The highest BCUT2D eigenvalue weighted by molar-refractivity contribution is 7.13. The van der Waals surface area contributed by atoms with Crippen LogP contribution in [0.15, 0.2) is 30.5 Å². The van der Waals surface area contributed by atoms with E-state index in [0.717, 1.165) is 12.1 Å². The molecule has 1 aliphatic rings. The molecular formula is C22H23F2N3O2S. The van der Waals surface area contributed by atoms with Gasteiger partial charge >= 0.3 is 0 Å². The van der Waals surface area contributed by atoms with Crippen LogP contribution in [0.5, 0.6) is 5.75 Å². The number of rotatable bonds is 2. The Kier molecular flexibility index (Phi) is 5.23. The first kappa shape index (κ1) is 20.7. The van der Waals surface area contributed by atoms with Gasteiger partial charge in [0.2, 0.25) is 0 Å². The number of phenolic OH excluding ortho intramolecular Hbond substituents is 1. The minimum absolute atomic E-state index is 0.0579. The zero-order valence-corrected chi connectivity index (χ0v) is 17.9. The summed E-state index contributed by atoms with van der Waals surface area (Å²) in [5.74, 6) is -2.46. The van der Waals surface area contributed by atoms with Crippen LogP contribution in [-0.4, -0.2) is 44.5 Å². The summed E-state index contributed by atoms with van der Waals surface area (Å²) in [7, 11) is 0. The molecule has 0 bridgehead atoms. The van der Waals surface area contributed by atoms with Crippen molar-refractivity contribution in [3.8, 4) is 16.9 Å². The number of phenols is 1. The predicted molar refractivity (Wildman–Crippen MR) is 114 cm³/mol. The van der Waals surface area contributed by atoms with Crippen molar-refractivity contribution in [1.82, 2.24) is 14.6 Å². The number of fused-ring (bicyclic) bond motifs is 1. The zero-order valence-electron chi connectivity index (χ0n) is 17.1. The zero-order chi connectivity index (χ0) is 21.7. The molecule has 158 valence electrons. The average Bonchev–Trinajstić information content (AvgIpc) is 3.13. The number of nitrogens with zero attached hydrogens (tertiary/aromatic N) is 2. The van der Waals surface area contributed by atoms with Crippen molar-refractivity contribution in [2.45, 2.75) is 51.9 Å². The molecule has 1 amide bonds. The normalized spacial score (nSPS) is 24.4. The lowest BCUT2D eigenvalue weighted by molar-refractivity contribution is 0.0370. The van der Waals surface area contributed by atoms with E-state index >= 15 is 0 Å². The Hall–Kier alpha value is -2.58. The third-order valence-electron chi connectivity index (χ3n) is 6.08. The molecule has 0 spiro atoms. The van der Waals surface area contributed by atoms with Crippen molar-refractivity contribution in [3.05, 3.63) is 47.7 Å². The molecule has 8 heteroatoms. The van der Waals surface area contributed by atoms with Gasteiger partial charge in [-0.15, -0.1) is 0 Å². The molecule has 2 heterocycles. The molecule has 1 saturated heterocycles. The summed E-state index contributed by atoms with van der Waals surface area (Å²) in [6, 6.07) is 4.96. The van der Waals surface area contributed by atoms with Crippen molar-refractivity contribution in [3.63, 3.8) is 0 Å². The number of amides is 1. The fraction of sp³-hybridized carbons (Fsp3) is 0.364. The first-order valence-electron chi connectivity index (χ1n) is 9.84. The molecule has 0 saturated carbocycles. The lowest BCUT2D eigenvalue weighted by atomic mass is 9.94. The highest BCUT2D eigenvalue weighted by Crippen LogP contribution is 2.35. The first-order valence-corrected chi connectivity index (χ1v) is 10.6. The number of hydrogen-bond donors (Lipinski definition) is 2. The Balaban J connectivity index is 1.88. The number of piperazine rings is 1. The molecule has 0 aliphatic carbocycles. The van der Waals surface area contributed by atoms with E-state index in [1.54, 1.807) is 12.3 Å². The van der Waals surface area contributed by atoms with Gasteiger partial charge < -0.3 is 15.3 Å². The number of nitrogens with one attached hydrogen (secondary N) is 1. The van der Waals surface area contributed by atoms with Gasteiger partial charge in [0, 0.05) is 47.9 Å². The Bertz CT molecular complexity index is 1100. The minimum Gasteiger partial charge on any atom is -0.508 e. The van der Waals surface area contributed by atoms with E-state index in [0.29, 0.717) is 15.6 Å². The monoisotopic (exact) mass is 431 g/mol. The molecule has 1 fully saturated rings. The number of hydrogen-bond acceptors (Lipinski definition) is 5. The Morgan fingerprint density at radius 1 is 1.07 bits per heavy atom. The second-order valence-corrected chi connectivity index (χ2v) is 8.79. The van der Waals surface area contributed by atoms with Crippen molar-refractivity contribution >= 4 is 27.5 Å². The molecule has 0 radical (unpaired) electrons. The highest BCUT2D eigenvalue weighted by Gasteiger charge is 2.38. The van der Waals surface area contributed by atoms with Crippen molar-refractivity contribution in [1.29, 1.82) is 0 Å². The van der Waals surface area contributed by atoms with Crippen LogP contribution in [0.25, 0.3) is 21.2 Å². The molecule has 1 aromatic heterocycles. The summed E-state index contributed by atoms with van der Waals surface area (Å²) in [5.41, 5.74) is 0.326. The molecular weight excluding hydrogens is 408 g/mol. The summed E-state index contributed by atoms with van der Waals surface area (Å²) in [6.07, 6.45) is 1.59. The average molecular weight is 432 g/mol. The molecule has 2 N–H and O–H groups in total. The predicted octanol–water partition coefficient (Wildman–Crippen LogP) is 4.55. The van der Waals surface area contributed by atoms with Gasteiger partial charge in [-0.3, -0.25) is 4.79 Å². The summed E-state index contributed by atoms with van der Waals surface area (Å²) in [6.45, 7) is 8.05. The van der Waals surface area contributed by atoms with Gasteiger partial charge in [-0.2, -0.15) is 4.37 Å². The lowest BCUT2D eigenvalue weighted by Crippen LogP contribution is -2.65. The third-order valence-corrected chi connectivity index (χ3v) is 6.93. The number of carbonyl (C=O) groups excluding carboxylic acids is 1. The quantitative estimate of drug-likeness (QED) is 0.625. The SMILES string of the molecule is C[C@@H]1N[C@H](C)[C@H](C)N(C(=O)c2cc(-c3c(F)cc(O)cc3F)cc3cnsc23)[C@@H]1C. The van der Waals surface area contributed by atoms with Gasteiger partial charge in [-0.05, 0) is 56.9 Å². The molecule has 2 aromatic carbocycles. The smallest absolute Gasteiger partial charge is 0.255 e. The van der Waals surface area contributed by atoms with E-state index in [-0.39, 0.29) is 41.2 Å². The topological polar surface area (TPSA) is 65.5 Å². The van der Waals surface area contributed by atoms with Crippen LogP contribution in [0.3, 0.4) is 0 Å². The maximum absolute atomic E-state index is 14.5. The van der Waals surface area contributed by atoms with Crippen LogP contribution in [-0.2, 0) is 0 Å². The second-order valence-electron chi connectivity index (χ2n) is 7.99. The molecule has 5 nitrogen and oxygen atoms in total. The summed E-state index contributed by atoms with van der Waals surface area (Å²) < 4.78 is 33.9. The molecule has 3 aromatic rings. The molecule has 0 unspecified atom stereocenters. The standard InChI is InChI=1S/C22H23F2N3O2S/c1-10-12(3)27(13(4)11(2)26-10)22(29)17-6-14(5-15-9-25-30-21(15)17)20-18(23)7-16(28)8-19(20)24/h5-13,26,28H,1-4H3/t10-,11+,12+,13-. The van der Waals surface area contributed by atoms with Crippen LogP contribution in [0, 0.1) is 11.6 Å². The van der Waals surface area contributed by atoms with Crippen LogP contribution < -0.4 is 5.32 Å². The maximum Gasteiger partial charge on any atom is 0.255 e.